The molecule has 16 heavy (non-hydrogen) atoms. The van der Waals surface area contributed by atoms with Gasteiger partial charge in [-0.05, 0) is 32.1 Å². The zero-order valence-corrected chi connectivity index (χ0v) is 11.1. The number of nitrogens with one attached hydrogen (secondary N) is 1. The van der Waals surface area contributed by atoms with Gasteiger partial charge >= 0.3 is 0 Å². The first-order valence-electron chi connectivity index (χ1n) is 6.46. The zero-order valence-electron chi connectivity index (χ0n) is 10.3. The van der Waals surface area contributed by atoms with Crippen molar-refractivity contribution in [3.05, 3.63) is 16.1 Å². The SMILES string of the molecule is CCc1nc(CNC(C)C2CCCC2)cs1. The molecule has 0 amide bonds. The van der Waals surface area contributed by atoms with E-state index in [2.05, 4.69) is 29.5 Å². The fourth-order valence-corrected chi connectivity index (χ4v) is 3.23. The van der Waals surface area contributed by atoms with Crippen LogP contribution in [0.15, 0.2) is 5.38 Å². The first-order chi connectivity index (χ1) is 7.79. The van der Waals surface area contributed by atoms with E-state index in [1.807, 2.05) is 0 Å². The molecule has 0 bridgehead atoms. The summed E-state index contributed by atoms with van der Waals surface area (Å²) in [4.78, 5) is 4.58. The lowest BCUT2D eigenvalue weighted by Gasteiger charge is -2.19. The van der Waals surface area contributed by atoms with Gasteiger partial charge in [0, 0.05) is 18.0 Å². The third-order valence-corrected chi connectivity index (χ3v) is 4.66. The third kappa shape index (κ3) is 3.05. The van der Waals surface area contributed by atoms with Crippen LogP contribution in [-0.4, -0.2) is 11.0 Å². The molecule has 1 aromatic heterocycles. The predicted molar refractivity (Wildman–Crippen MR) is 69.8 cm³/mol. The Morgan fingerprint density at radius 3 is 2.88 bits per heavy atom. The number of rotatable bonds is 5. The van der Waals surface area contributed by atoms with Crippen LogP contribution >= 0.6 is 11.3 Å². The van der Waals surface area contributed by atoms with Crippen LogP contribution in [0.3, 0.4) is 0 Å². The van der Waals surface area contributed by atoms with E-state index in [4.69, 9.17) is 0 Å². The molecule has 90 valence electrons. The molecule has 1 saturated carbocycles. The molecule has 1 aliphatic carbocycles. The minimum Gasteiger partial charge on any atom is -0.308 e. The third-order valence-electron chi connectivity index (χ3n) is 3.61. The van der Waals surface area contributed by atoms with E-state index < -0.39 is 0 Å². The Hall–Kier alpha value is -0.410. The summed E-state index contributed by atoms with van der Waals surface area (Å²) in [5, 5.41) is 7.07. The maximum Gasteiger partial charge on any atom is 0.0926 e. The van der Waals surface area contributed by atoms with E-state index in [1.54, 1.807) is 11.3 Å². The highest BCUT2D eigenvalue weighted by atomic mass is 32.1. The largest absolute Gasteiger partial charge is 0.308 e. The van der Waals surface area contributed by atoms with Crippen LogP contribution in [0.2, 0.25) is 0 Å². The van der Waals surface area contributed by atoms with Gasteiger partial charge in [-0.3, -0.25) is 0 Å². The molecule has 1 unspecified atom stereocenters. The molecule has 1 atom stereocenters. The van der Waals surface area contributed by atoms with E-state index in [9.17, 15) is 0 Å². The molecule has 0 spiro atoms. The van der Waals surface area contributed by atoms with Gasteiger partial charge in [0.05, 0.1) is 10.7 Å². The molecule has 0 aliphatic heterocycles. The molecule has 0 saturated heterocycles. The molecule has 0 radical (unpaired) electrons. The summed E-state index contributed by atoms with van der Waals surface area (Å²) >= 11 is 1.78. The normalized spacial score (nSPS) is 19.1. The molecule has 1 aromatic rings. The van der Waals surface area contributed by atoms with Crippen molar-refractivity contribution in [2.24, 2.45) is 5.92 Å². The summed E-state index contributed by atoms with van der Waals surface area (Å²) in [6.07, 6.45) is 6.72. The van der Waals surface area contributed by atoms with Gasteiger partial charge in [0.25, 0.3) is 0 Å². The molecule has 0 aromatic carbocycles. The van der Waals surface area contributed by atoms with Crippen molar-refractivity contribution in [2.75, 3.05) is 0 Å². The Balaban J connectivity index is 1.77. The standard InChI is InChI=1S/C13H22N2S/c1-3-13-15-12(9-16-13)8-14-10(2)11-6-4-5-7-11/h9-11,14H,3-8H2,1-2H3. The monoisotopic (exact) mass is 238 g/mol. The minimum absolute atomic E-state index is 0.647. The van der Waals surface area contributed by atoms with Crippen molar-refractivity contribution in [1.29, 1.82) is 0 Å². The Morgan fingerprint density at radius 1 is 1.50 bits per heavy atom. The van der Waals surface area contributed by atoms with Crippen molar-refractivity contribution in [3.63, 3.8) is 0 Å². The van der Waals surface area contributed by atoms with Gasteiger partial charge in [0.2, 0.25) is 0 Å². The van der Waals surface area contributed by atoms with Crippen LogP contribution < -0.4 is 5.32 Å². The topological polar surface area (TPSA) is 24.9 Å². The van der Waals surface area contributed by atoms with E-state index in [1.165, 1.54) is 36.4 Å². The molecular weight excluding hydrogens is 216 g/mol. The van der Waals surface area contributed by atoms with Gasteiger partial charge in [0.1, 0.15) is 0 Å². The lowest BCUT2D eigenvalue weighted by atomic mass is 10.00. The summed E-state index contributed by atoms with van der Waals surface area (Å²) in [5.74, 6) is 0.893. The van der Waals surface area contributed by atoms with Gasteiger partial charge < -0.3 is 5.32 Å². The molecule has 1 aliphatic rings. The van der Waals surface area contributed by atoms with E-state index in [0.717, 1.165) is 18.9 Å². The number of aromatic nitrogens is 1. The van der Waals surface area contributed by atoms with Crippen LogP contribution in [0.5, 0.6) is 0 Å². The maximum atomic E-state index is 4.58. The maximum absolute atomic E-state index is 4.58. The Kier molecular flexibility index (Phi) is 4.36. The highest BCUT2D eigenvalue weighted by Crippen LogP contribution is 2.27. The number of hydrogen-bond acceptors (Lipinski definition) is 3. The molecular formula is C13H22N2S. The molecule has 1 heterocycles. The second-order valence-electron chi connectivity index (χ2n) is 4.80. The van der Waals surface area contributed by atoms with Gasteiger partial charge in [-0.2, -0.15) is 0 Å². The van der Waals surface area contributed by atoms with E-state index in [0.29, 0.717) is 6.04 Å². The molecule has 2 nitrogen and oxygen atoms in total. The lowest BCUT2D eigenvalue weighted by Crippen LogP contribution is -2.31. The molecule has 1 fully saturated rings. The van der Waals surface area contributed by atoms with Crippen molar-refractivity contribution < 1.29 is 0 Å². The van der Waals surface area contributed by atoms with Crippen LogP contribution in [0.25, 0.3) is 0 Å². The summed E-state index contributed by atoms with van der Waals surface area (Å²) in [5.41, 5.74) is 1.21. The Labute approximate surface area is 102 Å². The second kappa shape index (κ2) is 5.78. The lowest BCUT2D eigenvalue weighted by molar-refractivity contribution is 0.379. The smallest absolute Gasteiger partial charge is 0.0926 e. The fourth-order valence-electron chi connectivity index (χ4n) is 2.48. The molecule has 3 heteroatoms. The predicted octanol–water partition coefficient (Wildman–Crippen LogP) is 3.37. The Morgan fingerprint density at radius 2 is 2.25 bits per heavy atom. The minimum atomic E-state index is 0.647. The molecule has 1 N–H and O–H groups in total. The van der Waals surface area contributed by atoms with Gasteiger partial charge in [-0.15, -0.1) is 11.3 Å². The zero-order chi connectivity index (χ0) is 11.4. The molecule has 2 rings (SSSR count). The summed E-state index contributed by atoms with van der Waals surface area (Å²) in [6, 6.07) is 0.647. The van der Waals surface area contributed by atoms with Crippen LogP contribution in [0, 0.1) is 5.92 Å². The number of hydrogen-bond donors (Lipinski definition) is 1. The first kappa shape index (κ1) is 12.1. The van der Waals surface area contributed by atoms with Gasteiger partial charge in [0.15, 0.2) is 0 Å². The quantitative estimate of drug-likeness (QED) is 0.850. The van der Waals surface area contributed by atoms with Crippen molar-refractivity contribution in [3.8, 4) is 0 Å². The van der Waals surface area contributed by atoms with Crippen molar-refractivity contribution in [1.82, 2.24) is 10.3 Å². The number of nitrogens with zero attached hydrogens (tertiary/aromatic N) is 1. The van der Waals surface area contributed by atoms with Crippen LogP contribution in [0.1, 0.15) is 50.2 Å². The second-order valence-corrected chi connectivity index (χ2v) is 5.74. The summed E-state index contributed by atoms with van der Waals surface area (Å²) in [6.45, 7) is 5.43. The van der Waals surface area contributed by atoms with Crippen molar-refractivity contribution >= 4 is 11.3 Å². The fraction of sp³-hybridized carbons (Fsp3) is 0.769. The first-order valence-corrected chi connectivity index (χ1v) is 7.34. The van der Waals surface area contributed by atoms with Crippen LogP contribution in [0.4, 0.5) is 0 Å². The van der Waals surface area contributed by atoms with E-state index in [-0.39, 0.29) is 0 Å². The van der Waals surface area contributed by atoms with Gasteiger partial charge in [-0.1, -0.05) is 19.8 Å². The Bertz CT molecular complexity index is 315. The average molecular weight is 238 g/mol. The summed E-state index contributed by atoms with van der Waals surface area (Å²) < 4.78 is 0. The average Bonchev–Trinajstić information content (AvgIpc) is 2.96. The number of thiazole rings is 1. The summed E-state index contributed by atoms with van der Waals surface area (Å²) in [7, 11) is 0. The van der Waals surface area contributed by atoms with Crippen LogP contribution in [-0.2, 0) is 13.0 Å². The highest BCUT2D eigenvalue weighted by Gasteiger charge is 2.20. The number of aryl methyl sites for hydroxylation is 1. The highest BCUT2D eigenvalue weighted by molar-refractivity contribution is 7.09. The van der Waals surface area contributed by atoms with E-state index >= 15 is 0 Å². The van der Waals surface area contributed by atoms with Crippen molar-refractivity contribution in [2.45, 2.75) is 58.5 Å². The van der Waals surface area contributed by atoms with Gasteiger partial charge in [-0.25, -0.2) is 4.98 Å².